The maximum absolute atomic E-state index is 4.51. The van der Waals surface area contributed by atoms with Crippen molar-refractivity contribution < 1.29 is 39.0 Å². The van der Waals surface area contributed by atoms with Crippen molar-refractivity contribution in [1.82, 2.24) is 59.8 Å². The fourth-order valence-electron chi connectivity index (χ4n) is 10.8. The number of fused-ring (bicyclic) bond motifs is 12. The van der Waals surface area contributed by atoms with Gasteiger partial charge in [-0.1, -0.05) is 116 Å². The van der Waals surface area contributed by atoms with E-state index in [9.17, 15) is 0 Å². The summed E-state index contributed by atoms with van der Waals surface area (Å²) in [7, 11) is 0. The van der Waals surface area contributed by atoms with Gasteiger partial charge < -0.3 is 0 Å². The molecule has 448 valence electrons. The molecule has 0 atom stereocenters. The first kappa shape index (κ1) is 64.0. The van der Waals surface area contributed by atoms with E-state index in [1.54, 1.807) is 49.6 Å². The van der Waals surface area contributed by atoms with Crippen LogP contribution in [0.3, 0.4) is 0 Å². The van der Waals surface area contributed by atoms with E-state index in [1.165, 1.54) is 54.4 Å². The van der Waals surface area contributed by atoms with Crippen molar-refractivity contribution in [1.29, 1.82) is 0 Å². The molecule has 0 fully saturated rings. The van der Waals surface area contributed by atoms with Crippen molar-refractivity contribution in [2.24, 2.45) is 0 Å². The van der Waals surface area contributed by atoms with Crippen LogP contribution in [0.1, 0.15) is 54.4 Å². The van der Waals surface area contributed by atoms with Gasteiger partial charge >= 0.3 is 0 Å². The molecule has 16 aromatic rings. The molecule has 0 radical (unpaired) electrons. The summed E-state index contributed by atoms with van der Waals surface area (Å²) in [6.45, 7) is 4.17. The maximum Gasteiger partial charge on any atom is 0.0964 e. The van der Waals surface area contributed by atoms with Gasteiger partial charge in [-0.2, -0.15) is 0 Å². The average molecular weight is 1360 g/mol. The molecule has 4 aromatic carbocycles. The number of hydrogen-bond acceptors (Lipinski definition) is 12. The van der Waals surface area contributed by atoms with E-state index in [0.717, 1.165) is 123 Å². The van der Waals surface area contributed by atoms with Crippen LogP contribution in [0.4, 0.5) is 0 Å². The molecule has 0 aliphatic carbocycles. The van der Waals surface area contributed by atoms with Crippen LogP contribution in [-0.2, 0) is 51.8 Å². The number of aryl methyl sites for hydroxylation is 4. The summed E-state index contributed by atoms with van der Waals surface area (Å²) >= 11 is 0. The Morgan fingerprint density at radius 3 is 0.648 bits per heavy atom. The van der Waals surface area contributed by atoms with Gasteiger partial charge in [-0.25, -0.2) is 0 Å². The molecule has 91 heavy (non-hydrogen) atoms. The molecule has 0 unspecified atom stereocenters. The zero-order valence-electron chi connectivity index (χ0n) is 50.4. The zero-order chi connectivity index (χ0) is 60.4. The van der Waals surface area contributed by atoms with Gasteiger partial charge in [0.05, 0.1) is 66.9 Å². The summed E-state index contributed by atoms with van der Waals surface area (Å²) in [6.07, 6.45) is 30.3. The molecule has 14 heteroatoms. The molecule has 0 aliphatic heterocycles. The molecule has 0 bridgehead atoms. The van der Waals surface area contributed by atoms with E-state index < -0.39 is 0 Å². The van der Waals surface area contributed by atoms with Crippen molar-refractivity contribution in [2.75, 3.05) is 0 Å². The van der Waals surface area contributed by atoms with Gasteiger partial charge in [0.25, 0.3) is 0 Å². The third-order valence-electron chi connectivity index (χ3n) is 15.3. The Morgan fingerprint density at radius 1 is 0.209 bits per heavy atom. The van der Waals surface area contributed by atoms with Crippen molar-refractivity contribution >= 4 is 87.2 Å². The molecule has 12 aromatic heterocycles. The van der Waals surface area contributed by atoms with Gasteiger partial charge in [0.1, 0.15) is 0 Å². The Morgan fingerprint density at radius 2 is 0.418 bits per heavy atom. The summed E-state index contributed by atoms with van der Waals surface area (Å²) in [5.41, 5.74) is 16.8. The molecule has 0 saturated carbocycles. The van der Waals surface area contributed by atoms with E-state index >= 15 is 0 Å². The Hall–Kier alpha value is -9.99. The molecule has 0 saturated heterocycles. The largest absolute Gasteiger partial charge is 0.255 e. The quantitative estimate of drug-likeness (QED) is 0.0727. The van der Waals surface area contributed by atoms with Crippen molar-refractivity contribution in [3.05, 3.63) is 291 Å². The second-order valence-corrected chi connectivity index (χ2v) is 21.7. The van der Waals surface area contributed by atoms with Crippen LogP contribution in [0.25, 0.3) is 110 Å². The van der Waals surface area contributed by atoms with E-state index in [2.05, 4.69) is 207 Å². The number of rotatable bonds is 10. The van der Waals surface area contributed by atoms with E-state index in [4.69, 9.17) is 0 Å². The molecule has 16 rings (SSSR count). The molecule has 0 N–H and O–H groups in total. The Kier molecular flexibility index (Phi) is 22.5. The number of pyridine rings is 12. The van der Waals surface area contributed by atoms with Crippen LogP contribution >= 0.6 is 0 Å². The zero-order valence-corrected chi connectivity index (χ0v) is 53.9. The first-order chi connectivity index (χ1) is 44.0. The second kappa shape index (κ2) is 32.0. The standard InChI is InChI=1S/C29H32N4.4C12H8N2.2Ru/c1-22-10-14-30-26(18-22)28-20-24(12-16-32-28)8-6-4-3-5-7-9-25-13-17-33-29(21-25)27-19-23(2)11-15-31-27;4*1-3-9-5-6-10-4-2-8-14-12(10)11(9)13-7-1;;/h10-21H,3-9H2,1-2H3;4*1-8H;;. The minimum Gasteiger partial charge on any atom is -0.255 e. The summed E-state index contributed by atoms with van der Waals surface area (Å²) in [5.74, 6) is 0. The number of aromatic nitrogens is 12. The summed E-state index contributed by atoms with van der Waals surface area (Å²) in [5, 5.41) is 9.10. The van der Waals surface area contributed by atoms with E-state index in [1.807, 2.05) is 85.5 Å². The predicted molar refractivity (Wildman–Crippen MR) is 363 cm³/mol. The van der Waals surface area contributed by atoms with Crippen LogP contribution in [0.2, 0.25) is 0 Å². The molecule has 0 amide bonds. The number of hydrogen-bond donors (Lipinski definition) is 0. The maximum atomic E-state index is 4.51. The first-order valence-corrected chi connectivity index (χ1v) is 30.1. The fourth-order valence-corrected chi connectivity index (χ4v) is 10.8. The number of benzene rings is 4. The SMILES string of the molecule is Cc1ccnc(-c2cc(CCCCCCCc3ccnc(-c4cc(C)ccn4)c3)ccn2)c1.[Ru].[Ru].c1cnc2c(c1)ccc1cccnc12.c1cnc2c(c1)ccc1cccnc12.c1cnc2c(c1)ccc1cccnc12.c1cnc2c(c1)ccc1cccnc12. The molecule has 12 heterocycles. The third-order valence-corrected chi connectivity index (χ3v) is 15.3. The summed E-state index contributed by atoms with van der Waals surface area (Å²) < 4.78 is 0. The first-order valence-electron chi connectivity index (χ1n) is 30.1. The molecule has 0 spiro atoms. The Balaban J connectivity index is 0.000000132. The minimum atomic E-state index is 0. The van der Waals surface area contributed by atoms with Crippen molar-refractivity contribution in [3.8, 4) is 22.8 Å². The van der Waals surface area contributed by atoms with Gasteiger partial charge in [0.2, 0.25) is 0 Å². The van der Waals surface area contributed by atoms with Gasteiger partial charge in [0.15, 0.2) is 0 Å². The summed E-state index contributed by atoms with van der Waals surface area (Å²) in [4.78, 5) is 52.7. The van der Waals surface area contributed by atoms with Gasteiger partial charge in [0, 0.05) is 156 Å². The van der Waals surface area contributed by atoms with Crippen LogP contribution in [0.15, 0.2) is 268 Å². The van der Waals surface area contributed by atoms with E-state index in [-0.39, 0.29) is 39.0 Å². The van der Waals surface area contributed by atoms with Crippen LogP contribution in [0, 0.1) is 13.8 Å². The topological polar surface area (TPSA) is 155 Å². The van der Waals surface area contributed by atoms with Gasteiger partial charge in [-0.05, 0) is 159 Å². The Labute approximate surface area is 554 Å². The summed E-state index contributed by atoms with van der Waals surface area (Å²) in [6, 6.07) is 65.4. The average Bonchev–Trinajstić information content (AvgIpc) is 1.95. The smallest absolute Gasteiger partial charge is 0.0964 e. The molecular weight excluding hydrogens is 1300 g/mol. The minimum absolute atomic E-state index is 0. The predicted octanol–water partition coefficient (Wildman–Crippen LogP) is 18.1. The van der Waals surface area contributed by atoms with Crippen molar-refractivity contribution in [3.63, 3.8) is 0 Å². The second-order valence-electron chi connectivity index (χ2n) is 21.7. The fraction of sp³-hybridized carbons (Fsp3) is 0.117. The normalized spacial score (nSPS) is 10.7. The van der Waals surface area contributed by atoms with Crippen LogP contribution in [-0.4, -0.2) is 59.8 Å². The van der Waals surface area contributed by atoms with Gasteiger partial charge in [-0.3, -0.25) is 59.8 Å². The Bertz CT molecular complexity index is 4290. The van der Waals surface area contributed by atoms with Crippen molar-refractivity contribution in [2.45, 2.75) is 58.8 Å². The monoisotopic (exact) mass is 1360 g/mol. The van der Waals surface area contributed by atoms with Crippen LogP contribution in [0.5, 0.6) is 0 Å². The molecular formula is C77H64N12Ru2. The number of unbranched alkanes of at least 4 members (excludes halogenated alkanes) is 4. The molecule has 12 nitrogen and oxygen atoms in total. The third kappa shape index (κ3) is 16.5. The van der Waals surface area contributed by atoms with Gasteiger partial charge in [-0.15, -0.1) is 0 Å². The molecule has 0 aliphatic rings. The number of nitrogens with zero attached hydrogens (tertiary/aromatic N) is 12. The van der Waals surface area contributed by atoms with Crippen LogP contribution < -0.4 is 0 Å². The van der Waals surface area contributed by atoms with E-state index in [0.29, 0.717) is 0 Å².